The molecule has 1 saturated heterocycles. The molecular formula is C18H29Cl2N3O5. The summed E-state index contributed by atoms with van der Waals surface area (Å²) in [7, 11) is 3.13. The number of nitrogens with zero attached hydrogens (tertiary/aromatic N) is 2. The van der Waals surface area contributed by atoms with Gasteiger partial charge in [-0.25, -0.2) is 0 Å². The van der Waals surface area contributed by atoms with Gasteiger partial charge >= 0.3 is 0 Å². The fourth-order valence-electron chi connectivity index (χ4n) is 2.96. The highest BCUT2D eigenvalue weighted by atomic mass is 35.5. The molecule has 2 rings (SSSR count). The van der Waals surface area contributed by atoms with Gasteiger partial charge in [0.15, 0.2) is 17.3 Å². The Hall–Kier alpha value is -1.71. The molecule has 1 aromatic rings. The van der Waals surface area contributed by atoms with Crippen LogP contribution < -0.4 is 15.2 Å². The Morgan fingerprint density at radius 1 is 1.29 bits per heavy atom. The van der Waals surface area contributed by atoms with E-state index in [9.17, 15) is 5.11 Å². The van der Waals surface area contributed by atoms with Crippen LogP contribution in [0, 0.1) is 0 Å². The summed E-state index contributed by atoms with van der Waals surface area (Å²) in [6, 6.07) is 3.63. The Bertz CT molecular complexity index is 652. The first-order chi connectivity index (χ1) is 12.6. The highest BCUT2D eigenvalue weighted by Crippen LogP contribution is 2.35. The largest absolute Gasteiger partial charge is 0.493 e. The maximum absolute atomic E-state index is 10.6. The van der Waals surface area contributed by atoms with Crippen molar-refractivity contribution in [3.63, 3.8) is 0 Å². The molecule has 8 nitrogen and oxygen atoms in total. The monoisotopic (exact) mass is 437 g/mol. The number of hydrogen-bond acceptors (Lipinski definition) is 7. The third-order valence-electron chi connectivity index (χ3n) is 4.25. The number of benzene rings is 1. The SMILES string of the molecule is COc1ccc(C=CC(N)=NO)c(CC(O)CN2CCOCC2)c1OC.Cl.Cl. The van der Waals surface area contributed by atoms with Gasteiger partial charge in [-0.1, -0.05) is 17.3 Å². The molecule has 1 heterocycles. The van der Waals surface area contributed by atoms with Crippen molar-refractivity contribution < 1.29 is 24.5 Å². The van der Waals surface area contributed by atoms with Crippen LogP contribution in [0.25, 0.3) is 6.08 Å². The standard InChI is InChI=1S/C18H27N3O5.2ClH/c1-24-16-5-3-13(4-6-17(19)20-23)15(18(16)25-2)11-14(22)12-21-7-9-26-10-8-21;;/h3-6,14,22-23H,7-12H2,1-2H3,(H2,19,20);2*1H. The molecule has 1 fully saturated rings. The molecule has 28 heavy (non-hydrogen) atoms. The van der Waals surface area contributed by atoms with Crippen LogP contribution in [0.4, 0.5) is 0 Å². The van der Waals surface area contributed by atoms with Gasteiger partial charge in [-0.2, -0.15) is 0 Å². The first-order valence-corrected chi connectivity index (χ1v) is 8.46. The van der Waals surface area contributed by atoms with Gasteiger partial charge in [0.1, 0.15) is 0 Å². The van der Waals surface area contributed by atoms with Gasteiger partial charge in [0, 0.05) is 31.6 Å². The van der Waals surface area contributed by atoms with E-state index in [4.69, 9.17) is 25.2 Å². The maximum atomic E-state index is 10.6. The van der Waals surface area contributed by atoms with Gasteiger partial charge in [0.2, 0.25) is 0 Å². The molecular weight excluding hydrogens is 409 g/mol. The van der Waals surface area contributed by atoms with E-state index in [1.165, 1.54) is 6.08 Å². The lowest BCUT2D eigenvalue weighted by Crippen LogP contribution is -2.41. The third kappa shape index (κ3) is 7.37. The number of ether oxygens (including phenoxy) is 3. The average Bonchev–Trinajstić information content (AvgIpc) is 2.66. The summed E-state index contributed by atoms with van der Waals surface area (Å²) < 4.78 is 16.2. The van der Waals surface area contributed by atoms with Crippen LogP contribution in [0.5, 0.6) is 11.5 Å². The van der Waals surface area contributed by atoms with Crippen LogP contribution >= 0.6 is 24.8 Å². The van der Waals surface area contributed by atoms with Crippen LogP contribution in [-0.2, 0) is 11.2 Å². The number of aliphatic hydroxyl groups excluding tert-OH is 1. The first-order valence-electron chi connectivity index (χ1n) is 8.46. The molecule has 4 N–H and O–H groups in total. The van der Waals surface area contributed by atoms with Crippen molar-refractivity contribution in [3.05, 3.63) is 29.3 Å². The van der Waals surface area contributed by atoms with Crippen molar-refractivity contribution in [2.75, 3.05) is 47.1 Å². The summed E-state index contributed by atoms with van der Waals surface area (Å²) in [5, 5.41) is 22.2. The minimum Gasteiger partial charge on any atom is -0.493 e. The van der Waals surface area contributed by atoms with Crippen molar-refractivity contribution in [1.82, 2.24) is 4.90 Å². The topological polar surface area (TPSA) is 110 Å². The molecule has 1 aromatic carbocycles. The number of nitrogens with two attached hydrogens (primary N) is 1. The lowest BCUT2D eigenvalue weighted by atomic mass is 9.98. The fraction of sp³-hybridized carbons (Fsp3) is 0.500. The Labute approximate surface area is 177 Å². The number of oxime groups is 1. The number of amidine groups is 1. The van der Waals surface area contributed by atoms with E-state index < -0.39 is 6.10 Å². The molecule has 1 aliphatic rings. The van der Waals surface area contributed by atoms with Gasteiger partial charge in [0.25, 0.3) is 0 Å². The molecule has 160 valence electrons. The van der Waals surface area contributed by atoms with Crippen molar-refractivity contribution >= 4 is 36.7 Å². The highest BCUT2D eigenvalue weighted by Gasteiger charge is 2.20. The minimum atomic E-state index is -0.579. The van der Waals surface area contributed by atoms with Gasteiger partial charge < -0.3 is 30.3 Å². The highest BCUT2D eigenvalue weighted by molar-refractivity contribution is 5.94. The number of aliphatic hydroxyl groups is 1. The Balaban J connectivity index is 0.00000364. The van der Waals surface area contributed by atoms with Crippen LogP contribution in [0.1, 0.15) is 11.1 Å². The second-order valence-corrected chi connectivity index (χ2v) is 6.00. The lowest BCUT2D eigenvalue weighted by molar-refractivity contribution is 0.0148. The quantitative estimate of drug-likeness (QED) is 0.245. The number of morpholine rings is 1. The second kappa shape index (κ2) is 13.5. The van der Waals surface area contributed by atoms with E-state index in [1.807, 2.05) is 6.07 Å². The third-order valence-corrected chi connectivity index (χ3v) is 4.25. The number of methoxy groups -OCH3 is 2. The number of halogens is 2. The van der Waals surface area contributed by atoms with E-state index in [2.05, 4.69) is 10.1 Å². The summed E-state index contributed by atoms with van der Waals surface area (Å²) in [6.45, 7) is 3.53. The van der Waals surface area contributed by atoms with Crippen molar-refractivity contribution in [2.45, 2.75) is 12.5 Å². The van der Waals surface area contributed by atoms with Gasteiger partial charge in [-0.3, -0.25) is 4.90 Å². The summed E-state index contributed by atoms with van der Waals surface area (Å²) in [5.74, 6) is 1.14. The van der Waals surface area contributed by atoms with Crippen LogP contribution in [-0.4, -0.2) is 74.2 Å². The zero-order valence-corrected chi connectivity index (χ0v) is 17.7. The average molecular weight is 438 g/mol. The van der Waals surface area contributed by atoms with Gasteiger partial charge in [-0.15, -0.1) is 24.8 Å². The molecule has 0 radical (unpaired) electrons. The molecule has 0 bridgehead atoms. The Morgan fingerprint density at radius 3 is 2.54 bits per heavy atom. The summed E-state index contributed by atoms with van der Waals surface area (Å²) in [5.41, 5.74) is 7.11. The number of hydrogen-bond donors (Lipinski definition) is 3. The smallest absolute Gasteiger partial charge is 0.164 e. The molecule has 0 amide bonds. The molecule has 0 saturated carbocycles. The van der Waals surface area contributed by atoms with Gasteiger partial charge in [0.05, 0.1) is 33.5 Å². The van der Waals surface area contributed by atoms with E-state index in [0.717, 1.165) is 24.2 Å². The van der Waals surface area contributed by atoms with Crippen LogP contribution in [0.3, 0.4) is 0 Å². The fourth-order valence-corrected chi connectivity index (χ4v) is 2.96. The van der Waals surface area contributed by atoms with Crippen LogP contribution in [0.2, 0.25) is 0 Å². The number of rotatable bonds is 8. The normalized spacial score (nSPS) is 16.2. The molecule has 0 spiro atoms. The summed E-state index contributed by atoms with van der Waals surface area (Å²) in [6.07, 6.45) is 3.01. The predicted octanol–water partition coefficient (Wildman–Crippen LogP) is 1.54. The van der Waals surface area contributed by atoms with E-state index in [-0.39, 0.29) is 30.6 Å². The molecule has 1 aliphatic heterocycles. The molecule has 0 aromatic heterocycles. The first kappa shape index (κ1) is 26.3. The van der Waals surface area contributed by atoms with Crippen LogP contribution in [0.15, 0.2) is 23.4 Å². The van der Waals surface area contributed by atoms with Crippen molar-refractivity contribution in [3.8, 4) is 11.5 Å². The van der Waals surface area contributed by atoms with Crippen molar-refractivity contribution in [2.24, 2.45) is 10.9 Å². The zero-order chi connectivity index (χ0) is 18.9. The summed E-state index contributed by atoms with van der Waals surface area (Å²) in [4.78, 5) is 2.17. The molecule has 1 unspecified atom stereocenters. The van der Waals surface area contributed by atoms with Gasteiger partial charge in [-0.05, 0) is 17.7 Å². The predicted molar refractivity (Wildman–Crippen MR) is 113 cm³/mol. The molecule has 1 atom stereocenters. The zero-order valence-electron chi connectivity index (χ0n) is 16.0. The Kier molecular flexibility index (Phi) is 12.6. The van der Waals surface area contributed by atoms with E-state index in [0.29, 0.717) is 37.7 Å². The Morgan fingerprint density at radius 2 is 1.96 bits per heavy atom. The van der Waals surface area contributed by atoms with E-state index >= 15 is 0 Å². The lowest BCUT2D eigenvalue weighted by Gasteiger charge is -2.29. The number of β-amino-alcohol motifs (C(OH)–C–C–N with tert-alkyl or cyclic N) is 1. The summed E-state index contributed by atoms with van der Waals surface area (Å²) >= 11 is 0. The molecule has 10 heteroatoms. The molecule has 0 aliphatic carbocycles. The minimum absolute atomic E-state index is 0. The second-order valence-electron chi connectivity index (χ2n) is 6.00. The van der Waals surface area contributed by atoms with Crippen molar-refractivity contribution in [1.29, 1.82) is 0 Å². The van der Waals surface area contributed by atoms with E-state index in [1.54, 1.807) is 26.4 Å². The maximum Gasteiger partial charge on any atom is 0.164 e.